The van der Waals surface area contributed by atoms with Gasteiger partial charge < -0.3 is 19.1 Å². The first-order valence-electron chi connectivity index (χ1n) is 8.98. The minimum Gasteiger partial charge on any atom is -0.422 e. The predicted molar refractivity (Wildman–Crippen MR) is 107 cm³/mol. The first-order valence-corrected chi connectivity index (χ1v) is 8.98. The molecule has 4 aromatic heterocycles. The van der Waals surface area contributed by atoms with E-state index >= 15 is 0 Å². The second kappa shape index (κ2) is 7.89. The zero-order chi connectivity index (χ0) is 19.0. The second-order valence-electron chi connectivity index (χ2n) is 7.28. The Morgan fingerprint density at radius 3 is 1.54 bits per heavy atom. The molecule has 4 heterocycles. The van der Waals surface area contributed by atoms with Crippen LogP contribution in [0.1, 0.15) is 25.2 Å². The van der Waals surface area contributed by atoms with Crippen LogP contribution in [0.4, 0.5) is 0 Å². The molecule has 144 valence electrons. The van der Waals surface area contributed by atoms with E-state index in [4.69, 9.17) is 9.97 Å². The quantitative estimate of drug-likeness (QED) is 0.354. The van der Waals surface area contributed by atoms with Crippen LogP contribution in [-0.4, -0.2) is 19.1 Å². The van der Waals surface area contributed by atoms with Crippen molar-refractivity contribution in [3.05, 3.63) is 84.4 Å². The first-order chi connectivity index (χ1) is 13.0. The van der Waals surface area contributed by atoms with Gasteiger partial charge >= 0.3 is 21.1 Å². The van der Waals surface area contributed by atoms with Gasteiger partial charge in [-0.05, 0) is 51.5 Å². The Balaban J connectivity index is 0.00000225. The fourth-order valence-corrected chi connectivity index (χ4v) is 3.28. The van der Waals surface area contributed by atoms with Gasteiger partial charge in [-0.1, -0.05) is 48.0 Å². The van der Waals surface area contributed by atoms with Crippen LogP contribution >= 0.6 is 0 Å². The van der Waals surface area contributed by atoms with Crippen molar-refractivity contribution < 1.29 is 21.1 Å². The van der Waals surface area contributed by atoms with E-state index in [1.807, 2.05) is 59.9 Å². The van der Waals surface area contributed by atoms with Gasteiger partial charge in [-0.3, -0.25) is 0 Å². The summed E-state index contributed by atoms with van der Waals surface area (Å²) in [5.41, 5.74) is 5.42. The molecular formula is C23H22N4Pt. The molecule has 0 unspecified atom stereocenters. The van der Waals surface area contributed by atoms with Crippen molar-refractivity contribution in [1.29, 1.82) is 0 Å². The summed E-state index contributed by atoms with van der Waals surface area (Å²) >= 11 is 0. The molecule has 0 bridgehead atoms. The van der Waals surface area contributed by atoms with Crippen molar-refractivity contribution in [3.8, 4) is 22.8 Å². The van der Waals surface area contributed by atoms with E-state index in [2.05, 4.69) is 50.2 Å². The summed E-state index contributed by atoms with van der Waals surface area (Å²) in [6.07, 6.45) is 3.96. The van der Waals surface area contributed by atoms with E-state index in [1.54, 1.807) is 0 Å². The third-order valence-corrected chi connectivity index (χ3v) is 5.01. The van der Waals surface area contributed by atoms with Gasteiger partial charge in [0.05, 0.1) is 0 Å². The Bertz CT molecular complexity index is 1010. The number of aryl methyl sites for hydroxylation is 2. The van der Waals surface area contributed by atoms with Gasteiger partial charge in [0, 0.05) is 16.8 Å². The third kappa shape index (κ3) is 3.62. The van der Waals surface area contributed by atoms with E-state index in [9.17, 15) is 0 Å². The minimum atomic E-state index is -0.331. The SMILES string of the molecule is Cn1cc[c-]c1-c1cccc(C(C)(C)c2cccc(-c3[c-]ccn3C)n2)n1.[Pt+2]. The van der Waals surface area contributed by atoms with Crippen molar-refractivity contribution in [2.24, 2.45) is 14.1 Å². The van der Waals surface area contributed by atoms with Gasteiger partial charge in [-0.2, -0.15) is 24.3 Å². The predicted octanol–water partition coefficient (Wildman–Crippen LogP) is 4.41. The number of hydrogen-bond acceptors (Lipinski definition) is 2. The molecule has 0 aliphatic carbocycles. The average Bonchev–Trinajstić information content (AvgIpc) is 3.30. The van der Waals surface area contributed by atoms with Crippen molar-refractivity contribution in [2.75, 3.05) is 0 Å². The minimum absolute atomic E-state index is 0. The zero-order valence-corrected chi connectivity index (χ0v) is 18.7. The molecule has 4 aromatic rings. The number of nitrogens with zero attached hydrogens (tertiary/aromatic N) is 4. The smallest absolute Gasteiger partial charge is 0.422 e. The third-order valence-electron chi connectivity index (χ3n) is 5.01. The molecule has 28 heavy (non-hydrogen) atoms. The number of pyridine rings is 2. The molecule has 4 rings (SSSR count). The van der Waals surface area contributed by atoms with Crippen molar-refractivity contribution in [3.63, 3.8) is 0 Å². The molecule has 0 amide bonds. The molecule has 0 N–H and O–H groups in total. The van der Waals surface area contributed by atoms with E-state index in [0.29, 0.717) is 0 Å². The van der Waals surface area contributed by atoms with E-state index in [0.717, 1.165) is 34.2 Å². The summed E-state index contributed by atoms with van der Waals surface area (Å²) in [6.45, 7) is 4.32. The largest absolute Gasteiger partial charge is 2.00 e. The maximum atomic E-state index is 4.93. The summed E-state index contributed by atoms with van der Waals surface area (Å²) in [5, 5.41) is 0. The Hall–Kier alpha value is -2.45. The van der Waals surface area contributed by atoms with Crippen molar-refractivity contribution >= 4 is 0 Å². The molecule has 0 radical (unpaired) electrons. The van der Waals surface area contributed by atoms with Crippen LogP contribution in [0.15, 0.2) is 60.9 Å². The van der Waals surface area contributed by atoms with Gasteiger partial charge in [0.25, 0.3) is 0 Å². The molecular weight excluding hydrogens is 527 g/mol. The molecule has 0 aromatic carbocycles. The first kappa shape index (κ1) is 20.3. The van der Waals surface area contributed by atoms with Crippen LogP contribution in [0.3, 0.4) is 0 Å². The molecule has 0 saturated heterocycles. The molecule has 0 spiro atoms. The fraction of sp³-hybridized carbons (Fsp3) is 0.217. The van der Waals surface area contributed by atoms with Gasteiger partial charge in [0.15, 0.2) is 0 Å². The fourth-order valence-electron chi connectivity index (χ4n) is 3.28. The standard InChI is InChI=1S/C23H22N4.Pt/c1-23(2,21-13-5-9-17(24-21)19-11-7-15-26(19)3)22-14-6-10-18(25-22)20-12-8-16-27(20)4;/h5-10,13-16H,1-4H3;/q-2;+2. The van der Waals surface area contributed by atoms with Gasteiger partial charge in [-0.15, -0.1) is 0 Å². The maximum Gasteiger partial charge on any atom is 2.00 e. The molecule has 0 aliphatic heterocycles. The summed E-state index contributed by atoms with van der Waals surface area (Å²) < 4.78 is 4.06. The van der Waals surface area contributed by atoms with Gasteiger partial charge in [-0.25, -0.2) is 0 Å². The van der Waals surface area contributed by atoms with Crippen LogP contribution in [0.25, 0.3) is 22.8 Å². The average molecular weight is 550 g/mol. The van der Waals surface area contributed by atoms with E-state index < -0.39 is 0 Å². The van der Waals surface area contributed by atoms with Crippen molar-refractivity contribution in [2.45, 2.75) is 19.3 Å². The van der Waals surface area contributed by atoms with Crippen molar-refractivity contribution in [1.82, 2.24) is 19.1 Å². The Labute approximate surface area is 180 Å². The summed E-state index contributed by atoms with van der Waals surface area (Å²) in [5.74, 6) is 0. The van der Waals surface area contributed by atoms with Crippen LogP contribution in [0.5, 0.6) is 0 Å². The molecule has 0 saturated carbocycles. The van der Waals surface area contributed by atoms with E-state index in [-0.39, 0.29) is 26.5 Å². The topological polar surface area (TPSA) is 35.6 Å². The second-order valence-corrected chi connectivity index (χ2v) is 7.28. The van der Waals surface area contributed by atoms with Gasteiger partial charge in [0.2, 0.25) is 0 Å². The Morgan fingerprint density at radius 1 is 0.750 bits per heavy atom. The van der Waals surface area contributed by atoms with Crippen LogP contribution in [0, 0.1) is 12.1 Å². The number of hydrogen-bond donors (Lipinski definition) is 0. The molecule has 0 fully saturated rings. The molecule has 4 nitrogen and oxygen atoms in total. The molecule has 0 atom stereocenters. The molecule has 5 heteroatoms. The Morgan fingerprint density at radius 2 is 1.18 bits per heavy atom. The number of aromatic nitrogens is 4. The van der Waals surface area contributed by atoms with Gasteiger partial charge in [0.1, 0.15) is 0 Å². The maximum absolute atomic E-state index is 4.93. The summed E-state index contributed by atoms with van der Waals surface area (Å²) in [7, 11) is 4.01. The Kier molecular flexibility index (Phi) is 5.71. The normalized spacial score (nSPS) is 11.3. The summed E-state index contributed by atoms with van der Waals surface area (Å²) in [6, 6.07) is 22.6. The van der Waals surface area contributed by atoms with E-state index in [1.165, 1.54) is 0 Å². The monoisotopic (exact) mass is 549 g/mol. The summed E-state index contributed by atoms with van der Waals surface area (Å²) in [4.78, 5) is 9.86. The van der Waals surface area contributed by atoms with Crippen LogP contribution in [-0.2, 0) is 40.6 Å². The van der Waals surface area contributed by atoms with Crippen LogP contribution in [0.2, 0.25) is 0 Å². The molecule has 0 aliphatic rings. The van der Waals surface area contributed by atoms with Crippen LogP contribution < -0.4 is 0 Å². The number of rotatable bonds is 4. The zero-order valence-electron chi connectivity index (χ0n) is 16.4.